The van der Waals surface area contributed by atoms with Crippen LogP contribution in [0.15, 0.2) is 29.3 Å². The predicted octanol–water partition coefficient (Wildman–Crippen LogP) is 2.41. The molecular formula is C18H29FN4. The van der Waals surface area contributed by atoms with Gasteiger partial charge in [0, 0.05) is 20.1 Å². The standard InChI is InChI=1S/C18H29FN4/c1-20-18(21-11-4-5-13-23-14-6-7-15-23)22-12-10-16-8-2-3-9-17(16)19/h2-3,8-9H,4-7,10-15H2,1H3,(H2,20,21,22). The average molecular weight is 320 g/mol. The van der Waals surface area contributed by atoms with Gasteiger partial charge < -0.3 is 15.5 Å². The first-order chi connectivity index (χ1) is 11.3. The van der Waals surface area contributed by atoms with Crippen LogP contribution in [-0.2, 0) is 6.42 Å². The molecule has 1 heterocycles. The fourth-order valence-corrected chi connectivity index (χ4v) is 2.91. The van der Waals surface area contributed by atoms with E-state index in [0.717, 1.165) is 24.5 Å². The maximum absolute atomic E-state index is 13.5. The largest absolute Gasteiger partial charge is 0.356 e. The number of nitrogens with zero attached hydrogens (tertiary/aromatic N) is 2. The van der Waals surface area contributed by atoms with Crippen molar-refractivity contribution < 1.29 is 4.39 Å². The molecule has 0 saturated carbocycles. The lowest BCUT2D eigenvalue weighted by Crippen LogP contribution is -2.39. The van der Waals surface area contributed by atoms with Crippen LogP contribution in [0.25, 0.3) is 0 Å². The molecule has 0 atom stereocenters. The fourth-order valence-electron chi connectivity index (χ4n) is 2.91. The Balaban J connectivity index is 1.55. The van der Waals surface area contributed by atoms with Gasteiger partial charge in [-0.15, -0.1) is 0 Å². The zero-order valence-corrected chi connectivity index (χ0v) is 14.2. The first-order valence-corrected chi connectivity index (χ1v) is 8.70. The van der Waals surface area contributed by atoms with Crippen LogP contribution in [0.4, 0.5) is 4.39 Å². The number of hydrogen-bond acceptors (Lipinski definition) is 2. The van der Waals surface area contributed by atoms with Crippen LogP contribution in [-0.4, -0.2) is 50.6 Å². The zero-order valence-electron chi connectivity index (χ0n) is 14.2. The topological polar surface area (TPSA) is 39.7 Å². The number of hydrogen-bond donors (Lipinski definition) is 2. The Labute approximate surface area is 139 Å². The van der Waals surface area contributed by atoms with Gasteiger partial charge >= 0.3 is 0 Å². The van der Waals surface area contributed by atoms with E-state index in [-0.39, 0.29) is 5.82 Å². The number of likely N-dealkylation sites (tertiary alicyclic amines) is 1. The zero-order chi connectivity index (χ0) is 16.3. The van der Waals surface area contributed by atoms with Gasteiger partial charge in [0.2, 0.25) is 0 Å². The summed E-state index contributed by atoms with van der Waals surface area (Å²) < 4.78 is 13.5. The normalized spacial score (nSPS) is 15.8. The molecule has 1 aromatic carbocycles. The van der Waals surface area contributed by atoms with Gasteiger partial charge in [-0.1, -0.05) is 18.2 Å². The summed E-state index contributed by atoms with van der Waals surface area (Å²) in [5, 5.41) is 6.56. The SMILES string of the molecule is CN=C(NCCCCN1CCCC1)NCCc1ccccc1F. The van der Waals surface area contributed by atoms with Crippen molar-refractivity contribution in [3.05, 3.63) is 35.6 Å². The Morgan fingerprint density at radius 3 is 2.61 bits per heavy atom. The van der Waals surface area contributed by atoms with Crippen molar-refractivity contribution in [2.75, 3.05) is 39.8 Å². The lowest BCUT2D eigenvalue weighted by molar-refractivity contribution is 0.330. The summed E-state index contributed by atoms with van der Waals surface area (Å²) in [5.41, 5.74) is 0.737. The second-order valence-corrected chi connectivity index (χ2v) is 6.02. The molecule has 1 aliphatic rings. The van der Waals surface area contributed by atoms with Gasteiger partial charge in [0.1, 0.15) is 5.82 Å². The predicted molar refractivity (Wildman–Crippen MR) is 94.4 cm³/mol. The second kappa shape index (κ2) is 10.2. The average Bonchev–Trinajstić information content (AvgIpc) is 3.08. The maximum atomic E-state index is 13.5. The van der Waals surface area contributed by atoms with Crippen molar-refractivity contribution in [2.24, 2.45) is 4.99 Å². The highest BCUT2D eigenvalue weighted by atomic mass is 19.1. The van der Waals surface area contributed by atoms with E-state index in [2.05, 4.69) is 20.5 Å². The summed E-state index contributed by atoms with van der Waals surface area (Å²) >= 11 is 0. The van der Waals surface area contributed by atoms with Crippen LogP contribution in [0.2, 0.25) is 0 Å². The molecule has 0 amide bonds. The third kappa shape index (κ3) is 6.57. The Hall–Kier alpha value is -1.62. The van der Waals surface area contributed by atoms with Crippen LogP contribution < -0.4 is 10.6 Å². The van der Waals surface area contributed by atoms with Crippen LogP contribution >= 0.6 is 0 Å². The van der Waals surface area contributed by atoms with Gasteiger partial charge in [0.15, 0.2) is 5.96 Å². The van der Waals surface area contributed by atoms with Crippen LogP contribution in [0.3, 0.4) is 0 Å². The van der Waals surface area contributed by atoms with Gasteiger partial charge in [-0.2, -0.15) is 0 Å². The summed E-state index contributed by atoms with van der Waals surface area (Å²) in [4.78, 5) is 6.75. The molecule has 1 fully saturated rings. The van der Waals surface area contributed by atoms with E-state index in [1.807, 2.05) is 12.1 Å². The second-order valence-electron chi connectivity index (χ2n) is 6.02. The van der Waals surface area contributed by atoms with E-state index in [9.17, 15) is 4.39 Å². The third-order valence-corrected chi connectivity index (χ3v) is 4.26. The smallest absolute Gasteiger partial charge is 0.190 e. The van der Waals surface area contributed by atoms with Crippen LogP contribution in [0, 0.1) is 5.82 Å². The van der Waals surface area contributed by atoms with Crippen molar-refractivity contribution >= 4 is 5.96 Å². The molecule has 0 aromatic heterocycles. The Bertz CT molecular complexity index is 484. The minimum atomic E-state index is -0.140. The molecule has 0 radical (unpaired) electrons. The molecule has 0 aliphatic carbocycles. The lowest BCUT2D eigenvalue weighted by atomic mass is 10.1. The third-order valence-electron chi connectivity index (χ3n) is 4.26. The fraction of sp³-hybridized carbons (Fsp3) is 0.611. The summed E-state index contributed by atoms with van der Waals surface area (Å²) in [7, 11) is 1.77. The van der Waals surface area contributed by atoms with Gasteiger partial charge in [0.05, 0.1) is 0 Å². The Morgan fingerprint density at radius 1 is 1.13 bits per heavy atom. The summed E-state index contributed by atoms with van der Waals surface area (Å²) in [5.74, 6) is 0.654. The quantitative estimate of drug-likeness (QED) is 0.439. The first-order valence-electron chi connectivity index (χ1n) is 8.70. The van der Waals surface area contributed by atoms with Gasteiger partial charge in [-0.25, -0.2) is 4.39 Å². The summed E-state index contributed by atoms with van der Waals surface area (Å²) in [6, 6.07) is 6.91. The van der Waals surface area contributed by atoms with E-state index in [1.165, 1.54) is 45.0 Å². The van der Waals surface area contributed by atoms with Crippen molar-refractivity contribution in [2.45, 2.75) is 32.1 Å². The van der Waals surface area contributed by atoms with Crippen LogP contribution in [0.1, 0.15) is 31.2 Å². The number of halogens is 1. The van der Waals surface area contributed by atoms with Crippen molar-refractivity contribution in [1.82, 2.24) is 15.5 Å². The minimum Gasteiger partial charge on any atom is -0.356 e. The highest BCUT2D eigenvalue weighted by molar-refractivity contribution is 5.79. The molecule has 5 heteroatoms. The van der Waals surface area contributed by atoms with Gasteiger partial charge in [-0.3, -0.25) is 4.99 Å². The highest BCUT2D eigenvalue weighted by Gasteiger charge is 2.10. The van der Waals surface area contributed by atoms with E-state index >= 15 is 0 Å². The molecule has 2 rings (SSSR count). The van der Waals surface area contributed by atoms with Gasteiger partial charge in [-0.05, 0) is 63.4 Å². The molecule has 1 aromatic rings. The number of guanidine groups is 1. The molecule has 0 spiro atoms. The molecule has 1 saturated heterocycles. The van der Waals surface area contributed by atoms with Crippen molar-refractivity contribution in [3.63, 3.8) is 0 Å². The number of benzene rings is 1. The number of aliphatic imine (C=N–C) groups is 1. The molecule has 4 nitrogen and oxygen atoms in total. The molecular weight excluding hydrogens is 291 g/mol. The van der Waals surface area contributed by atoms with E-state index < -0.39 is 0 Å². The Morgan fingerprint density at radius 2 is 1.87 bits per heavy atom. The molecule has 1 aliphatic heterocycles. The van der Waals surface area contributed by atoms with Gasteiger partial charge in [0.25, 0.3) is 0 Å². The number of rotatable bonds is 8. The minimum absolute atomic E-state index is 0.140. The molecule has 0 unspecified atom stereocenters. The monoisotopic (exact) mass is 320 g/mol. The maximum Gasteiger partial charge on any atom is 0.190 e. The number of nitrogens with one attached hydrogen (secondary N) is 2. The van der Waals surface area contributed by atoms with E-state index in [0.29, 0.717) is 13.0 Å². The Kier molecular flexibility index (Phi) is 7.87. The highest BCUT2D eigenvalue weighted by Crippen LogP contribution is 2.08. The van der Waals surface area contributed by atoms with E-state index in [4.69, 9.17) is 0 Å². The van der Waals surface area contributed by atoms with E-state index in [1.54, 1.807) is 13.1 Å². The lowest BCUT2D eigenvalue weighted by Gasteiger charge is -2.15. The first kappa shape index (κ1) is 17.7. The molecule has 128 valence electrons. The molecule has 0 bridgehead atoms. The summed E-state index contributed by atoms with van der Waals surface area (Å²) in [6.45, 7) is 5.35. The van der Waals surface area contributed by atoms with Crippen molar-refractivity contribution in [1.29, 1.82) is 0 Å². The number of unbranched alkanes of at least 4 members (excludes halogenated alkanes) is 1. The molecule has 23 heavy (non-hydrogen) atoms. The molecule has 2 N–H and O–H groups in total. The van der Waals surface area contributed by atoms with Crippen LogP contribution in [0.5, 0.6) is 0 Å². The van der Waals surface area contributed by atoms with Crippen molar-refractivity contribution in [3.8, 4) is 0 Å². The summed E-state index contributed by atoms with van der Waals surface area (Å²) in [6.07, 6.45) is 5.74.